The molecule has 14 heavy (non-hydrogen) atoms. The molecule has 0 aromatic carbocycles. The van der Waals surface area contributed by atoms with Gasteiger partial charge in [-0.25, -0.2) is 0 Å². The van der Waals surface area contributed by atoms with Crippen LogP contribution in [-0.2, 0) is 0 Å². The molecular formula is C13H25N. The van der Waals surface area contributed by atoms with Gasteiger partial charge in [-0.3, -0.25) is 0 Å². The monoisotopic (exact) mass is 195 g/mol. The molecule has 1 heteroatoms. The molecule has 1 saturated heterocycles. The molecule has 2 aliphatic rings. The molecule has 0 N–H and O–H groups in total. The van der Waals surface area contributed by atoms with Crippen LogP contribution in [0.3, 0.4) is 0 Å². The van der Waals surface area contributed by atoms with Crippen molar-refractivity contribution in [2.75, 3.05) is 20.1 Å². The first kappa shape index (κ1) is 10.5. The van der Waals surface area contributed by atoms with Crippen LogP contribution in [0.1, 0.15) is 46.0 Å². The van der Waals surface area contributed by atoms with Gasteiger partial charge in [-0.05, 0) is 56.5 Å². The minimum Gasteiger partial charge on any atom is -0.306 e. The van der Waals surface area contributed by atoms with Gasteiger partial charge in [-0.15, -0.1) is 0 Å². The summed E-state index contributed by atoms with van der Waals surface area (Å²) in [6, 6.07) is 0. The van der Waals surface area contributed by atoms with Crippen molar-refractivity contribution in [3.63, 3.8) is 0 Å². The van der Waals surface area contributed by atoms with Crippen LogP contribution in [0.5, 0.6) is 0 Å². The Morgan fingerprint density at radius 1 is 1.21 bits per heavy atom. The molecule has 1 atom stereocenters. The van der Waals surface area contributed by atoms with Crippen LogP contribution >= 0.6 is 0 Å². The van der Waals surface area contributed by atoms with Crippen molar-refractivity contribution in [1.82, 2.24) is 4.90 Å². The topological polar surface area (TPSA) is 3.24 Å². The highest BCUT2D eigenvalue weighted by Gasteiger charge is 2.41. The Hall–Kier alpha value is -0.0400. The van der Waals surface area contributed by atoms with Crippen molar-refractivity contribution < 1.29 is 0 Å². The van der Waals surface area contributed by atoms with Crippen LogP contribution in [0, 0.1) is 17.3 Å². The largest absolute Gasteiger partial charge is 0.306 e. The maximum atomic E-state index is 2.55. The third-order valence-corrected chi connectivity index (χ3v) is 4.62. The van der Waals surface area contributed by atoms with E-state index in [0.29, 0.717) is 0 Å². The van der Waals surface area contributed by atoms with Crippen molar-refractivity contribution >= 4 is 0 Å². The first-order chi connectivity index (χ1) is 6.61. The Bertz CT molecular complexity index is 193. The van der Waals surface area contributed by atoms with Crippen molar-refractivity contribution in [3.8, 4) is 0 Å². The maximum Gasteiger partial charge on any atom is 0.000926 e. The number of hydrogen-bond acceptors (Lipinski definition) is 1. The zero-order valence-electron chi connectivity index (χ0n) is 10.1. The van der Waals surface area contributed by atoms with E-state index in [4.69, 9.17) is 0 Å². The molecule has 1 aliphatic heterocycles. The first-order valence-electron chi connectivity index (χ1n) is 6.30. The smallest absolute Gasteiger partial charge is 0.000926 e. The van der Waals surface area contributed by atoms with Crippen LogP contribution in [0.4, 0.5) is 0 Å². The molecule has 2 fully saturated rings. The third-order valence-electron chi connectivity index (χ3n) is 4.62. The van der Waals surface area contributed by atoms with Crippen molar-refractivity contribution in [2.24, 2.45) is 17.3 Å². The Morgan fingerprint density at radius 3 is 2.43 bits per heavy atom. The Kier molecular flexibility index (Phi) is 2.88. The van der Waals surface area contributed by atoms with E-state index in [0.717, 1.165) is 17.3 Å². The minimum atomic E-state index is 0.777. The lowest BCUT2D eigenvalue weighted by Crippen LogP contribution is -2.32. The fraction of sp³-hybridized carbons (Fsp3) is 1.00. The minimum absolute atomic E-state index is 0.777. The summed E-state index contributed by atoms with van der Waals surface area (Å²) < 4.78 is 0. The van der Waals surface area contributed by atoms with E-state index in [1.165, 1.54) is 45.2 Å². The SMILES string of the molecule is CC(C)[C@H]1CN(C)CCC2(CCC2)C1. The molecule has 0 aromatic rings. The highest BCUT2D eigenvalue weighted by atomic mass is 15.1. The van der Waals surface area contributed by atoms with Gasteiger partial charge in [0.25, 0.3) is 0 Å². The van der Waals surface area contributed by atoms with E-state index in [-0.39, 0.29) is 0 Å². The van der Waals surface area contributed by atoms with Gasteiger partial charge in [0.05, 0.1) is 0 Å². The van der Waals surface area contributed by atoms with Gasteiger partial charge in [-0.1, -0.05) is 20.3 Å². The van der Waals surface area contributed by atoms with E-state index in [1.54, 1.807) is 0 Å². The van der Waals surface area contributed by atoms with Gasteiger partial charge < -0.3 is 4.90 Å². The Morgan fingerprint density at radius 2 is 1.93 bits per heavy atom. The maximum absolute atomic E-state index is 2.55. The normalized spacial score (nSPS) is 33.0. The number of nitrogens with zero attached hydrogens (tertiary/aromatic N) is 1. The lowest BCUT2D eigenvalue weighted by atomic mass is 9.62. The fourth-order valence-corrected chi connectivity index (χ4v) is 3.22. The Balaban J connectivity index is 2.03. The number of hydrogen-bond donors (Lipinski definition) is 0. The summed E-state index contributed by atoms with van der Waals surface area (Å²) in [7, 11) is 2.30. The van der Waals surface area contributed by atoms with E-state index in [1.807, 2.05) is 0 Å². The van der Waals surface area contributed by atoms with E-state index < -0.39 is 0 Å². The third kappa shape index (κ3) is 1.98. The van der Waals surface area contributed by atoms with Crippen LogP contribution in [0.2, 0.25) is 0 Å². The van der Waals surface area contributed by atoms with Gasteiger partial charge in [0.1, 0.15) is 0 Å². The van der Waals surface area contributed by atoms with Crippen molar-refractivity contribution in [1.29, 1.82) is 0 Å². The van der Waals surface area contributed by atoms with Crippen LogP contribution in [0.15, 0.2) is 0 Å². The van der Waals surface area contributed by atoms with Gasteiger partial charge in [0.2, 0.25) is 0 Å². The quantitative estimate of drug-likeness (QED) is 0.621. The second-order valence-corrected chi connectivity index (χ2v) is 6.07. The summed E-state index contributed by atoms with van der Waals surface area (Å²) in [5, 5.41) is 0. The number of likely N-dealkylation sites (tertiary alicyclic amines) is 1. The molecule has 1 heterocycles. The molecule has 2 rings (SSSR count). The zero-order chi connectivity index (χ0) is 10.2. The van der Waals surface area contributed by atoms with E-state index in [2.05, 4.69) is 25.8 Å². The molecule has 0 amide bonds. The summed E-state index contributed by atoms with van der Waals surface area (Å²) in [5.74, 6) is 1.82. The van der Waals surface area contributed by atoms with Gasteiger partial charge >= 0.3 is 0 Å². The Labute approximate surface area is 88.9 Å². The number of rotatable bonds is 1. The highest BCUT2D eigenvalue weighted by molar-refractivity contribution is 4.93. The summed E-state index contributed by atoms with van der Waals surface area (Å²) >= 11 is 0. The standard InChI is InChI=1S/C13H25N/c1-11(2)12-9-13(5-4-6-13)7-8-14(3)10-12/h11-12H,4-10H2,1-3H3/t12-/m1/s1. The average Bonchev–Trinajstić information content (AvgIpc) is 2.23. The molecule has 0 bridgehead atoms. The molecule has 82 valence electrons. The predicted molar refractivity (Wildman–Crippen MR) is 61.3 cm³/mol. The molecule has 1 saturated carbocycles. The van der Waals surface area contributed by atoms with Gasteiger partial charge in [0, 0.05) is 6.54 Å². The van der Waals surface area contributed by atoms with E-state index in [9.17, 15) is 0 Å². The lowest BCUT2D eigenvalue weighted by molar-refractivity contribution is 0.0858. The summed E-state index contributed by atoms with van der Waals surface area (Å²) in [5.41, 5.74) is 0.777. The molecule has 0 radical (unpaired) electrons. The highest BCUT2D eigenvalue weighted by Crippen LogP contribution is 2.50. The summed E-state index contributed by atoms with van der Waals surface area (Å²) in [6.45, 7) is 7.47. The second-order valence-electron chi connectivity index (χ2n) is 6.07. The molecular weight excluding hydrogens is 170 g/mol. The van der Waals surface area contributed by atoms with Crippen LogP contribution in [0.25, 0.3) is 0 Å². The van der Waals surface area contributed by atoms with Gasteiger partial charge in [-0.2, -0.15) is 0 Å². The molecule has 1 nitrogen and oxygen atoms in total. The molecule has 1 spiro atoms. The summed E-state index contributed by atoms with van der Waals surface area (Å²) in [4.78, 5) is 2.55. The lowest BCUT2D eigenvalue weighted by Gasteiger charge is -2.43. The first-order valence-corrected chi connectivity index (χ1v) is 6.30. The van der Waals surface area contributed by atoms with E-state index >= 15 is 0 Å². The average molecular weight is 195 g/mol. The molecule has 0 aromatic heterocycles. The summed E-state index contributed by atoms with van der Waals surface area (Å²) in [6.07, 6.45) is 7.50. The zero-order valence-corrected chi connectivity index (χ0v) is 10.1. The van der Waals surface area contributed by atoms with Gasteiger partial charge in [0.15, 0.2) is 0 Å². The van der Waals surface area contributed by atoms with Crippen LogP contribution < -0.4 is 0 Å². The molecule has 0 unspecified atom stereocenters. The van der Waals surface area contributed by atoms with Crippen molar-refractivity contribution in [2.45, 2.75) is 46.0 Å². The van der Waals surface area contributed by atoms with Crippen LogP contribution in [-0.4, -0.2) is 25.0 Å². The van der Waals surface area contributed by atoms with Crippen molar-refractivity contribution in [3.05, 3.63) is 0 Å². The predicted octanol–water partition coefficient (Wildman–Crippen LogP) is 3.15. The fourth-order valence-electron chi connectivity index (χ4n) is 3.22. The molecule has 1 aliphatic carbocycles. The second kappa shape index (κ2) is 3.84.